The van der Waals surface area contributed by atoms with E-state index in [0.717, 1.165) is 22.0 Å². The van der Waals surface area contributed by atoms with Gasteiger partial charge in [-0.05, 0) is 17.7 Å². The summed E-state index contributed by atoms with van der Waals surface area (Å²) >= 11 is 0. The number of ether oxygens (including phenoxy) is 1. The molecule has 3 rings (SSSR count). The van der Waals surface area contributed by atoms with E-state index in [1.807, 2.05) is 48.5 Å². The zero-order chi connectivity index (χ0) is 19.8. The molecule has 2 amide bonds. The zero-order valence-electron chi connectivity index (χ0n) is 15.0. The molecule has 6 heteroatoms. The van der Waals surface area contributed by atoms with E-state index in [-0.39, 0.29) is 6.42 Å². The molecule has 0 radical (unpaired) electrons. The molecule has 0 bridgehead atoms. The number of pyridine rings is 1. The lowest BCUT2D eigenvalue weighted by Gasteiger charge is -2.05. The molecule has 0 fully saturated rings. The number of carbonyl (C=O) groups excluding carboxylic acids is 3. The number of nitrogens with one attached hydrogen (secondary N) is 1. The predicted molar refractivity (Wildman–Crippen MR) is 105 cm³/mol. The number of hydrogen-bond acceptors (Lipinski definition) is 5. The maximum atomic E-state index is 11.8. The molecule has 3 aromatic rings. The monoisotopic (exact) mass is 374 g/mol. The fourth-order valence-corrected chi connectivity index (χ4v) is 2.62. The van der Waals surface area contributed by atoms with E-state index in [2.05, 4.69) is 10.3 Å². The number of fused-ring (bicyclic) bond motifs is 1. The summed E-state index contributed by atoms with van der Waals surface area (Å²) in [5.74, 6) is -1.81. The van der Waals surface area contributed by atoms with Crippen molar-refractivity contribution >= 4 is 34.8 Å². The van der Waals surface area contributed by atoms with E-state index < -0.39 is 24.4 Å². The van der Waals surface area contributed by atoms with Crippen molar-refractivity contribution in [3.8, 4) is 0 Å². The summed E-state index contributed by atoms with van der Waals surface area (Å²) in [7, 11) is 0. The molecule has 1 aromatic heterocycles. The van der Waals surface area contributed by atoms with Gasteiger partial charge in [-0.15, -0.1) is 0 Å². The van der Waals surface area contributed by atoms with Gasteiger partial charge in [-0.25, -0.2) is 4.79 Å². The molecule has 1 heterocycles. The molecule has 0 unspecified atom stereocenters. The predicted octanol–water partition coefficient (Wildman–Crippen LogP) is 2.68. The van der Waals surface area contributed by atoms with Gasteiger partial charge in [-0.3, -0.25) is 19.9 Å². The van der Waals surface area contributed by atoms with Crippen LogP contribution in [0.25, 0.3) is 17.0 Å². The molecular formula is C22H18N2O4. The van der Waals surface area contributed by atoms with E-state index in [4.69, 9.17) is 4.74 Å². The van der Waals surface area contributed by atoms with Crippen LogP contribution in [0.4, 0.5) is 0 Å². The van der Waals surface area contributed by atoms with Crippen LogP contribution >= 0.6 is 0 Å². The SMILES string of the molecule is O=C(COC(=O)/C=C/c1cccc2cccnc12)NC(=O)Cc1ccccc1. The van der Waals surface area contributed by atoms with Crippen LogP contribution in [-0.2, 0) is 25.5 Å². The van der Waals surface area contributed by atoms with Crippen molar-refractivity contribution in [2.45, 2.75) is 6.42 Å². The summed E-state index contributed by atoms with van der Waals surface area (Å²) in [4.78, 5) is 39.7. The fraction of sp³-hybridized carbons (Fsp3) is 0.0909. The molecule has 28 heavy (non-hydrogen) atoms. The fourth-order valence-electron chi connectivity index (χ4n) is 2.62. The first-order valence-electron chi connectivity index (χ1n) is 8.67. The minimum Gasteiger partial charge on any atom is -0.452 e. The number of para-hydroxylation sites is 1. The topological polar surface area (TPSA) is 85.4 Å². The lowest BCUT2D eigenvalue weighted by Crippen LogP contribution is -2.35. The van der Waals surface area contributed by atoms with E-state index in [1.165, 1.54) is 6.08 Å². The number of hydrogen-bond donors (Lipinski definition) is 1. The number of imide groups is 1. The Hall–Kier alpha value is -3.80. The molecule has 0 aliphatic heterocycles. The largest absolute Gasteiger partial charge is 0.452 e. The first kappa shape index (κ1) is 19.0. The van der Waals surface area contributed by atoms with Crippen LogP contribution < -0.4 is 5.32 Å². The van der Waals surface area contributed by atoms with Crippen LogP contribution in [0.15, 0.2) is 72.9 Å². The Bertz CT molecular complexity index is 1020. The van der Waals surface area contributed by atoms with Crippen LogP contribution in [0.3, 0.4) is 0 Å². The third kappa shape index (κ3) is 5.35. The highest BCUT2D eigenvalue weighted by Crippen LogP contribution is 2.17. The Morgan fingerprint density at radius 3 is 2.54 bits per heavy atom. The van der Waals surface area contributed by atoms with Crippen LogP contribution in [0.2, 0.25) is 0 Å². The van der Waals surface area contributed by atoms with Crippen LogP contribution in [0.1, 0.15) is 11.1 Å². The van der Waals surface area contributed by atoms with Gasteiger partial charge in [-0.2, -0.15) is 0 Å². The third-order valence-electron chi connectivity index (χ3n) is 3.89. The van der Waals surface area contributed by atoms with Gasteiger partial charge in [0.2, 0.25) is 5.91 Å². The minimum atomic E-state index is -0.682. The summed E-state index contributed by atoms with van der Waals surface area (Å²) < 4.78 is 4.88. The third-order valence-corrected chi connectivity index (χ3v) is 3.89. The molecule has 140 valence electrons. The molecule has 6 nitrogen and oxygen atoms in total. The lowest BCUT2D eigenvalue weighted by atomic mass is 10.1. The van der Waals surface area contributed by atoms with E-state index in [1.54, 1.807) is 24.4 Å². The highest BCUT2D eigenvalue weighted by molar-refractivity contribution is 5.98. The van der Waals surface area contributed by atoms with E-state index in [9.17, 15) is 14.4 Å². The first-order valence-corrected chi connectivity index (χ1v) is 8.67. The van der Waals surface area contributed by atoms with Gasteiger partial charge < -0.3 is 4.74 Å². The van der Waals surface area contributed by atoms with E-state index >= 15 is 0 Å². The quantitative estimate of drug-likeness (QED) is 0.530. The average Bonchev–Trinajstić information content (AvgIpc) is 2.71. The van der Waals surface area contributed by atoms with Gasteiger partial charge in [0.25, 0.3) is 5.91 Å². The van der Waals surface area contributed by atoms with Gasteiger partial charge in [0.1, 0.15) is 0 Å². The molecule has 0 saturated heterocycles. The second-order valence-corrected chi connectivity index (χ2v) is 6.00. The second kappa shape index (κ2) is 9.23. The normalized spacial score (nSPS) is 10.7. The molecule has 1 N–H and O–H groups in total. The van der Waals surface area contributed by atoms with Crippen molar-refractivity contribution in [1.82, 2.24) is 10.3 Å². The Balaban J connectivity index is 1.49. The number of aromatic nitrogens is 1. The van der Waals surface area contributed by atoms with E-state index in [0.29, 0.717) is 0 Å². The summed E-state index contributed by atoms with van der Waals surface area (Å²) in [5, 5.41) is 3.15. The minimum absolute atomic E-state index is 0.0779. The highest BCUT2D eigenvalue weighted by atomic mass is 16.5. The number of benzene rings is 2. The van der Waals surface area contributed by atoms with Crippen LogP contribution in [0.5, 0.6) is 0 Å². The Labute approximate surface area is 161 Å². The Morgan fingerprint density at radius 2 is 1.71 bits per heavy atom. The molecular weight excluding hydrogens is 356 g/mol. The smallest absolute Gasteiger partial charge is 0.331 e. The van der Waals surface area contributed by atoms with Crippen molar-refractivity contribution < 1.29 is 19.1 Å². The van der Waals surface area contributed by atoms with Gasteiger partial charge in [0.05, 0.1) is 11.9 Å². The zero-order valence-corrected chi connectivity index (χ0v) is 15.0. The highest BCUT2D eigenvalue weighted by Gasteiger charge is 2.10. The summed E-state index contributed by atoms with van der Waals surface area (Å²) in [5.41, 5.74) is 2.31. The molecule has 2 aromatic carbocycles. The van der Waals surface area contributed by atoms with Gasteiger partial charge >= 0.3 is 5.97 Å². The van der Waals surface area contributed by atoms with Crippen molar-refractivity contribution in [2.24, 2.45) is 0 Å². The summed E-state index contributed by atoms with van der Waals surface area (Å²) in [6.07, 6.45) is 4.56. The molecule has 0 saturated carbocycles. The second-order valence-electron chi connectivity index (χ2n) is 6.00. The standard InChI is InChI=1S/C22H18N2O4/c25-19(14-16-6-2-1-3-7-16)24-20(26)15-28-21(27)12-11-18-9-4-8-17-10-5-13-23-22(17)18/h1-13H,14-15H2,(H,24,25,26)/b12-11+. The van der Waals surface area contributed by atoms with Crippen LogP contribution in [-0.4, -0.2) is 29.4 Å². The van der Waals surface area contributed by atoms with Gasteiger partial charge in [-0.1, -0.05) is 54.6 Å². The van der Waals surface area contributed by atoms with Crippen molar-refractivity contribution in [3.63, 3.8) is 0 Å². The summed E-state index contributed by atoms with van der Waals surface area (Å²) in [6.45, 7) is -0.530. The molecule has 0 spiro atoms. The maximum absolute atomic E-state index is 11.8. The van der Waals surface area contributed by atoms with Crippen molar-refractivity contribution in [1.29, 1.82) is 0 Å². The maximum Gasteiger partial charge on any atom is 0.331 e. The van der Waals surface area contributed by atoms with Gasteiger partial charge in [0, 0.05) is 23.2 Å². The van der Waals surface area contributed by atoms with Crippen LogP contribution in [0, 0.1) is 0 Å². The average molecular weight is 374 g/mol. The molecule has 0 aliphatic rings. The Kier molecular flexibility index (Phi) is 6.25. The number of rotatable bonds is 6. The Morgan fingerprint density at radius 1 is 0.929 bits per heavy atom. The molecule has 0 atom stereocenters. The number of carbonyl (C=O) groups is 3. The summed E-state index contributed by atoms with van der Waals surface area (Å²) in [6, 6.07) is 18.4. The molecule has 0 aliphatic carbocycles. The van der Waals surface area contributed by atoms with Crippen molar-refractivity contribution in [2.75, 3.05) is 6.61 Å². The number of nitrogens with zero attached hydrogens (tertiary/aromatic N) is 1. The van der Waals surface area contributed by atoms with Gasteiger partial charge in [0.15, 0.2) is 6.61 Å². The number of amides is 2. The first-order chi connectivity index (χ1) is 13.6. The lowest BCUT2D eigenvalue weighted by molar-refractivity contribution is -0.145. The van der Waals surface area contributed by atoms with Crippen molar-refractivity contribution in [3.05, 3.63) is 84.1 Å². The number of esters is 1.